The van der Waals surface area contributed by atoms with Gasteiger partial charge < -0.3 is 10.6 Å². The molecule has 0 spiro atoms. The Labute approximate surface area is 224 Å². The molecule has 0 aliphatic heterocycles. The molecule has 37 heavy (non-hydrogen) atoms. The van der Waals surface area contributed by atoms with Crippen LogP contribution in [0.3, 0.4) is 0 Å². The third-order valence-electron chi connectivity index (χ3n) is 5.52. The number of aromatic nitrogens is 1. The van der Waals surface area contributed by atoms with Crippen LogP contribution in [0.15, 0.2) is 77.5 Å². The van der Waals surface area contributed by atoms with E-state index in [4.69, 9.17) is 4.98 Å². The Kier molecular flexibility index (Phi) is 9.04. The van der Waals surface area contributed by atoms with Crippen LogP contribution in [0.5, 0.6) is 0 Å². The van der Waals surface area contributed by atoms with Crippen LogP contribution in [0.1, 0.15) is 29.8 Å². The number of rotatable bonds is 11. The van der Waals surface area contributed by atoms with Crippen LogP contribution in [0.4, 0.5) is 5.69 Å². The number of carbonyl (C=O) groups is 2. The molecule has 0 aliphatic carbocycles. The first kappa shape index (κ1) is 26.5. The maximum Gasteiger partial charge on any atom is 0.243 e. The fourth-order valence-corrected chi connectivity index (χ4v) is 5.87. The molecule has 0 aliphatic rings. The number of nitrogens with one attached hydrogen (secondary N) is 3. The van der Waals surface area contributed by atoms with E-state index < -0.39 is 23.0 Å². The van der Waals surface area contributed by atoms with Gasteiger partial charge in [0.1, 0.15) is 11.0 Å². The topological polar surface area (TPSA) is 117 Å². The van der Waals surface area contributed by atoms with E-state index in [1.807, 2.05) is 65.4 Å². The van der Waals surface area contributed by atoms with Crippen molar-refractivity contribution in [2.45, 2.75) is 31.8 Å². The molecule has 0 bridgehead atoms. The zero-order valence-corrected chi connectivity index (χ0v) is 22.4. The first-order valence-electron chi connectivity index (χ1n) is 11.5. The monoisotopic (exact) mass is 554 g/mol. The average molecular weight is 555 g/mol. The van der Waals surface area contributed by atoms with Crippen molar-refractivity contribution in [3.8, 4) is 9.88 Å². The SMILES string of the molecule is CC(=O)N[C@H](Cc1ccccc1)C(=O)N[C@@H](Cc1ccc(N[SH](=O)=O)cc1)c1csc(-c2cccs2)n1. The number of hydrogen-bond acceptors (Lipinski definition) is 7. The molecule has 0 saturated carbocycles. The highest BCUT2D eigenvalue weighted by Gasteiger charge is 2.25. The van der Waals surface area contributed by atoms with Gasteiger partial charge in [0, 0.05) is 24.4 Å². The van der Waals surface area contributed by atoms with E-state index in [1.54, 1.807) is 23.5 Å². The molecule has 11 heteroatoms. The van der Waals surface area contributed by atoms with Crippen molar-refractivity contribution in [3.05, 3.63) is 94.3 Å². The Balaban J connectivity index is 1.58. The smallest absolute Gasteiger partial charge is 0.243 e. The summed E-state index contributed by atoms with van der Waals surface area (Å²) in [6.07, 6.45) is 0.783. The third-order valence-corrected chi connectivity index (χ3v) is 7.86. The number of hydrogen-bond donors (Lipinski definition) is 4. The normalized spacial score (nSPS) is 12.6. The molecule has 2 heterocycles. The number of benzene rings is 2. The van der Waals surface area contributed by atoms with Crippen LogP contribution in [0.25, 0.3) is 9.88 Å². The fourth-order valence-electron chi connectivity index (χ4n) is 3.82. The van der Waals surface area contributed by atoms with Crippen molar-refractivity contribution < 1.29 is 18.0 Å². The number of thiazole rings is 1. The molecule has 2 atom stereocenters. The van der Waals surface area contributed by atoms with Crippen LogP contribution in [-0.2, 0) is 33.3 Å². The third kappa shape index (κ3) is 7.72. The van der Waals surface area contributed by atoms with Gasteiger partial charge in [0.15, 0.2) is 0 Å². The summed E-state index contributed by atoms with van der Waals surface area (Å²) in [4.78, 5) is 31.2. The van der Waals surface area contributed by atoms with E-state index in [0.717, 1.165) is 21.0 Å². The molecule has 0 saturated heterocycles. The minimum atomic E-state index is -2.75. The number of anilines is 1. The Morgan fingerprint density at radius 2 is 1.62 bits per heavy atom. The van der Waals surface area contributed by atoms with Crippen LogP contribution in [-0.4, -0.2) is 31.3 Å². The summed E-state index contributed by atoms with van der Waals surface area (Å²) >= 11 is 3.10. The molecule has 0 unspecified atom stereocenters. The largest absolute Gasteiger partial charge is 0.346 e. The molecule has 0 fully saturated rings. The van der Waals surface area contributed by atoms with Gasteiger partial charge in [-0.3, -0.25) is 14.3 Å². The second-order valence-electron chi connectivity index (χ2n) is 8.33. The standard InChI is InChI=1S/C26H26N4O4S3/c1-17(31)27-22(15-18-6-3-2-4-7-18)25(32)28-21(14-19-9-11-20(12-10-19)30-37(33)34)23-16-36-26(29-23)24-8-5-13-35-24/h2-13,16,21-22,37H,14-15H2,1H3,(H,27,31)(H,28,32)(H,30,33,34)/t21-,22+/m0/s1. The van der Waals surface area contributed by atoms with Crippen molar-refractivity contribution in [2.24, 2.45) is 0 Å². The summed E-state index contributed by atoms with van der Waals surface area (Å²) < 4.78 is 24.3. The minimum absolute atomic E-state index is 0.291. The number of thiol groups is 1. The first-order chi connectivity index (χ1) is 17.9. The molecule has 8 nitrogen and oxygen atoms in total. The number of thiophene rings is 1. The maximum absolute atomic E-state index is 13.4. The molecule has 0 radical (unpaired) electrons. The highest BCUT2D eigenvalue weighted by molar-refractivity contribution is 7.73. The lowest BCUT2D eigenvalue weighted by molar-refractivity contribution is -0.128. The number of amides is 2. The number of nitrogens with zero attached hydrogens (tertiary/aromatic N) is 1. The van der Waals surface area contributed by atoms with Crippen molar-refractivity contribution in [1.82, 2.24) is 15.6 Å². The second kappa shape index (κ2) is 12.6. The lowest BCUT2D eigenvalue weighted by Gasteiger charge is -2.23. The molecular weight excluding hydrogens is 529 g/mol. The molecule has 192 valence electrons. The summed E-state index contributed by atoms with van der Waals surface area (Å²) in [5, 5.41) is 10.7. The van der Waals surface area contributed by atoms with Gasteiger partial charge in [0.25, 0.3) is 0 Å². The van der Waals surface area contributed by atoms with E-state index in [2.05, 4.69) is 15.4 Å². The van der Waals surface area contributed by atoms with E-state index >= 15 is 0 Å². The van der Waals surface area contributed by atoms with Gasteiger partial charge in [-0.1, -0.05) is 48.5 Å². The highest BCUT2D eigenvalue weighted by atomic mass is 32.2. The summed E-state index contributed by atoms with van der Waals surface area (Å²) in [7, 11) is -2.75. The molecule has 2 aromatic carbocycles. The van der Waals surface area contributed by atoms with Gasteiger partial charge >= 0.3 is 0 Å². The summed E-state index contributed by atoms with van der Waals surface area (Å²) in [6, 6.07) is 19.2. The molecule has 4 aromatic rings. The zero-order valence-electron chi connectivity index (χ0n) is 19.9. The quantitative estimate of drug-likeness (QED) is 0.210. The molecule has 2 aromatic heterocycles. The van der Waals surface area contributed by atoms with E-state index in [1.165, 1.54) is 18.3 Å². The van der Waals surface area contributed by atoms with Gasteiger partial charge in [-0.25, -0.2) is 13.4 Å². The number of carbonyl (C=O) groups excluding carboxylic acids is 2. The molecule has 2 amide bonds. The zero-order chi connectivity index (χ0) is 26.2. The van der Waals surface area contributed by atoms with Crippen LogP contribution in [0, 0.1) is 0 Å². The second-order valence-corrected chi connectivity index (χ2v) is 10.9. The minimum Gasteiger partial charge on any atom is -0.346 e. The first-order valence-corrected chi connectivity index (χ1v) is 14.4. The van der Waals surface area contributed by atoms with Gasteiger partial charge in [-0.05, 0) is 41.1 Å². The van der Waals surface area contributed by atoms with Crippen LogP contribution >= 0.6 is 22.7 Å². The Morgan fingerprint density at radius 1 is 0.892 bits per heavy atom. The lowest BCUT2D eigenvalue weighted by atomic mass is 10.0. The molecule has 3 N–H and O–H groups in total. The van der Waals surface area contributed by atoms with Gasteiger partial charge in [-0.15, -0.1) is 22.7 Å². The Morgan fingerprint density at radius 3 is 2.27 bits per heavy atom. The van der Waals surface area contributed by atoms with Gasteiger partial charge in [0.05, 0.1) is 16.6 Å². The van der Waals surface area contributed by atoms with E-state index in [-0.39, 0.29) is 11.8 Å². The van der Waals surface area contributed by atoms with Crippen molar-refractivity contribution in [3.63, 3.8) is 0 Å². The highest BCUT2D eigenvalue weighted by Crippen LogP contribution is 2.31. The van der Waals surface area contributed by atoms with Crippen molar-refractivity contribution >= 4 is 51.1 Å². The van der Waals surface area contributed by atoms with Crippen molar-refractivity contribution in [1.29, 1.82) is 0 Å². The Hall–Kier alpha value is -3.54. The average Bonchev–Trinajstić information content (AvgIpc) is 3.57. The van der Waals surface area contributed by atoms with Crippen LogP contribution in [0.2, 0.25) is 0 Å². The Bertz CT molecular complexity index is 1390. The van der Waals surface area contributed by atoms with E-state index in [0.29, 0.717) is 24.2 Å². The fraction of sp³-hybridized carbons (Fsp3) is 0.192. The van der Waals surface area contributed by atoms with Crippen molar-refractivity contribution in [2.75, 3.05) is 4.72 Å². The predicted molar refractivity (Wildman–Crippen MR) is 148 cm³/mol. The summed E-state index contributed by atoms with van der Waals surface area (Å²) in [5.74, 6) is -0.600. The van der Waals surface area contributed by atoms with E-state index in [9.17, 15) is 18.0 Å². The molecular formula is C26H26N4O4S3. The summed E-state index contributed by atoms with van der Waals surface area (Å²) in [5.41, 5.74) is 3.00. The summed E-state index contributed by atoms with van der Waals surface area (Å²) in [6.45, 7) is 1.39. The lowest BCUT2D eigenvalue weighted by Crippen LogP contribution is -2.48. The predicted octanol–water partition coefficient (Wildman–Crippen LogP) is 3.96. The van der Waals surface area contributed by atoms with Gasteiger partial charge in [0.2, 0.25) is 22.7 Å². The van der Waals surface area contributed by atoms with Gasteiger partial charge in [-0.2, -0.15) is 0 Å². The molecule has 4 rings (SSSR count). The maximum atomic E-state index is 13.4. The van der Waals surface area contributed by atoms with Crippen LogP contribution < -0.4 is 15.4 Å².